The molecule has 4 heteroatoms. The summed E-state index contributed by atoms with van der Waals surface area (Å²) in [5.41, 5.74) is 2.70. The number of aryl methyl sites for hydroxylation is 2. The van der Waals surface area contributed by atoms with Crippen molar-refractivity contribution in [2.75, 3.05) is 0 Å². The third kappa shape index (κ3) is 1.70. The Kier molecular flexibility index (Phi) is 2.62. The van der Waals surface area contributed by atoms with Crippen molar-refractivity contribution < 1.29 is 13.5 Å². The Bertz CT molecular complexity index is 642. The molecule has 1 N–H and O–H groups in total. The molecule has 2 heterocycles. The van der Waals surface area contributed by atoms with E-state index in [0.717, 1.165) is 24.8 Å². The Morgan fingerprint density at radius 1 is 1.05 bits per heavy atom. The highest BCUT2D eigenvalue weighted by molar-refractivity contribution is 7.92. The summed E-state index contributed by atoms with van der Waals surface area (Å²) < 4.78 is 24.7. The summed E-state index contributed by atoms with van der Waals surface area (Å²) in [6.45, 7) is 0. The van der Waals surface area contributed by atoms with E-state index in [-0.39, 0.29) is 10.5 Å². The lowest BCUT2D eigenvalue weighted by molar-refractivity contribution is 0.00489. The van der Waals surface area contributed by atoms with Crippen LogP contribution in [0.4, 0.5) is 0 Å². The maximum Gasteiger partial charge on any atom is 0.156 e. The Labute approximate surface area is 119 Å². The van der Waals surface area contributed by atoms with E-state index in [2.05, 4.69) is 12.1 Å². The van der Waals surface area contributed by atoms with Gasteiger partial charge in [-0.3, -0.25) is 0 Å². The molecule has 0 aromatic heterocycles. The second-order valence-corrected chi connectivity index (χ2v) is 9.20. The molecule has 108 valence electrons. The zero-order valence-electron chi connectivity index (χ0n) is 11.5. The number of rotatable bonds is 1. The third-order valence-electron chi connectivity index (χ3n) is 5.52. The van der Waals surface area contributed by atoms with Crippen molar-refractivity contribution in [1.82, 2.24) is 0 Å². The van der Waals surface area contributed by atoms with Crippen molar-refractivity contribution in [3.8, 4) is 0 Å². The molecule has 3 nitrogen and oxygen atoms in total. The predicted molar refractivity (Wildman–Crippen MR) is 77.3 cm³/mol. The second-order valence-electron chi connectivity index (χ2n) is 6.69. The fourth-order valence-electron chi connectivity index (χ4n) is 4.17. The van der Waals surface area contributed by atoms with Gasteiger partial charge in [-0.15, -0.1) is 0 Å². The van der Waals surface area contributed by atoms with Crippen LogP contribution in [0.15, 0.2) is 18.2 Å². The molecule has 3 aliphatic rings. The summed E-state index contributed by atoms with van der Waals surface area (Å²) in [4.78, 5) is 0. The summed E-state index contributed by atoms with van der Waals surface area (Å²) in [5, 5.41) is 10.4. The van der Waals surface area contributed by atoms with E-state index in [1.165, 1.54) is 11.1 Å². The number of sulfone groups is 1. The van der Waals surface area contributed by atoms with Crippen LogP contribution in [0.3, 0.4) is 0 Å². The van der Waals surface area contributed by atoms with Crippen LogP contribution in [-0.4, -0.2) is 24.0 Å². The maximum absolute atomic E-state index is 12.3. The van der Waals surface area contributed by atoms with E-state index in [4.69, 9.17) is 0 Å². The molecular weight excluding hydrogens is 272 g/mol. The van der Waals surface area contributed by atoms with Gasteiger partial charge in [0.25, 0.3) is 0 Å². The summed E-state index contributed by atoms with van der Waals surface area (Å²) >= 11 is 0. The average Bonchev–Trinajstić information content (AvgIpc) is 2.33. The van der Waals surface area contributed by atoms with Crippen LogP contribution in [0.1, 0.15) is 48.8 Å². The first-order valence-corrected chi connectivity index (χ1v) is 9.17. The largest absolute Gasteiger partial charge is 0.385 e. The first-order valence-electron chi connectivity index (χ1n) is 7.56. The SMILES string of the molecule is O=S1(=O)C2CCCC1CC(O)(c1ccc3c(c1)CC3)C2. The minimum absolute atomic E-state index is 0.342. The first kappa shape index (κ1) is 12.8. The Morgan fingerprint density at radius 3 is 2.25 bits per heavy atom. The molecule has 2 saturated heterocycles. The normalized spacial score (nSPS) is 37.9. The maximum atomic E-state index is 12.3. The molecule has 20 heavy (non-hydrogen) atoms. The topological polar surface area (TPSA) is 54.4 Å². The van der Waals surface area contributed by atoms with Gasteiger partial charge in [-0.1, -0.05) is 24.6 Å². The highest BCUT2D eigenvalue weighted by Crippen LogP contribution is 2.46. The lowest BCUT2D eigenvalue weighted by atomic mass is 9.77. The van der Waals surface area contributed by atoms with Crippen LogP contribution in [0.2, 0.25) is 0 Å². The van der Waals surface area contributed by atoms with Gasteiger partial charge in [0, 0.05) is 0 Å². The molecule has 2 fully saturated rings. The van der Waals surface area contributed by atoms with Gasteiger partial charge >= 0.3 is 0 Å². The standard InChI is InChI=1S/C16H20O3S/c17-16(13-7-6-11-4-5-12(11)8-13)9-14-2-1-3-15(10-16)20(14,18)19/h6-8,14-15,17H,1-5,9-10H2. The number of aliphatic hydroxyl groups is 1. The average molecular weight is 292 g/mol. The van der Waals surface area contributed by atoms with Crippen LogP contribution in [-0.2, 0) is 28.3 Å². The van der Waals surface area contributed by atoms with Gasteiger partial charge in [-0.05, 0) is 55.2 Å². The van der Waals surface area contributed by atoms with Crippen molar-refractivity contribution in [2.24, 2.45) is 0 Å². The molecule has 2 aliphatic heterocycles. The van der Waals surface area contributed by atoms with Crippen LogP contribution >= 0.6 is 0 Å². The number of hydrogen-bond acceptors (Lipinski definition) is 3. The quantitative estimate of drug-likeness (QED) is 0.862. The van der Waals surface area contributed by atoms with Gasteiger partial charge in [0.05, 0.1) is 16.1 Å². The molecule has 0 amide bonds. The molecule has 1 aliphatic carbocycles. The van der Waals surface area contributed by atoms with E-state index in [0.29, 0.717) is 25.7 Å². The molecule has 0 saturated carbocycles. The van der Waals surface area contributed by atoms with Gasteiger partial charge in [-0.25, -0.2) is 8.42 Å². The number of fused-ring (bicyclic) bond motifs is 3. The van der Waals surface area contributed by atoms with E-state index < -0.39 is 15.4 Å². The van der Waals surface area contributed by atoms with Gasteiger partial charge in [0.15, 0.2) is 9.84 Å². The molecule has 2 atom stereocenters. The van der Waals surface area contributed by atoms with Gasteiger partial charge in [-0.2, -0.15) is 0 Å². The van der Waals surface area contributed by atoms with E-state index >= 15 is 0 Å². The molecule has 4 rings (SSSR count). The summed E-state index contributed by atoms with van der Waals surface area (Å²) in [6, 6.07) is 6.21. The Balaban J connectivity index is 1.72. The fourth-order valence-corrected chi connectivity index (χ4v) is 6.72. The zero-order valence-corrected chi connectivity index (χ0v) is 12.3. The predicted octanol–water partition coefficient (Wildman–Crippen LogP) is 2.10. The van der Waals surface area contributed by atoms with Crippen LogP contribution < -0.4 is 0 Å². The van der Waals surface area contributed by atoms with E-state index in [1.54, 1.807) is 0 Å². The molecule has 0 spiro atoms. The van der Waals surface area contributed by atoms with Gasteiger partial charge in [0.1, 0.15) is 0 Å². The summed E-state index contributed by atoms with van der Waals surface area (Å²) in [5.74, 6) is 0. The lowest BCUT2D eigenvalue weighted by Gasteiger charge is -2.44. The second kappa shape index (κ2) is 4.08. The van der Waals surface area contributed by atoms with Crippen LogP contribution in [0, 0.1) is 0 Å². The summed E-state index contributed by atoms with van der Waals surface area (Å²) in [7, 11) is -3.01. The zero-order chi connectivity index (χ0) is 14.0. The first-order chi connectivity index (χ1) is 9.49. The van der Waals surface area contributed by atoms with Crippen molar-refractivity contribution in [3.05, 3.63) is 34.9 Å². The Morgan fingerprint density at radius 2 is 1.70 bits per heavy atom. The third-order valence-corrected chi connectivity index (χ3v) is 8.18. The molecular formula is C16H20O3S. The molecule has 1 aromatic carbocycles. The van der Waals surface area contributed by atoms with Crippen molar-refractivity contribution in [2.45, 2.75) is 61.0 Å². The molecule has 1 aromatic rings. The van der Waals surface area contributed by atoms with Crippen LogP contribution in [0.5, 0.6) is 0 Å². The van der Waals surface area contributed by atoms with Crippen LogP contribution in [0.25, 0.3) is 0 Å². The van der Waals surface area contributed by atoms with Crippen molar-refractivity contribution in [1.29, 1.82) is 0 Å². The van der Waals surface area contributed by atoms with Crippen molar-refractivity contribution >= 4 is 9.84 Å². The minimum atomic E-state index is -3.01. The highest BCUT2D eigenvalue weighted by Gasteiger charge is 2.51. The lowest BCUT2D eigenvalue weighted by Crippen LogP contribution is -2.50. The van der Waals surface area contributed by atoms with Crippen molar-refractivity contribution in [3.63, 3.8) is 0 Å². The van der Waals surface area contributed by atoms with E-state index in [9.17, 15) is 13.5 Å². The molecule has 2 unspecified atom stereocenters. The summed E-state index contributed by atoms with van der Waals surface area (Å²) in [6.07, 6.45) is 5.39. The number of hydrogen-bond donors (Lipinski definition) is 1. The Hall–Kier alpha value is -0.870. The highest BCUT2D eigenvalue weighted by atomic mass is 32.2. The number of benzene rings is 1. The molecule has 0 radical (unpaired) electrons. The van der Waals surface area contributed by atoms with Gasteiger partial charge < -0.3 is 5.11 Å². The minimum Gasteiger partial charge on any atom is -0.385 e. The van der Waals surface area contributed by atoms with Gasteiger partial charge in [0.2, 0.25) is 0 Å². The monoisotopic (exact) mass is 292 g/mol. The smallest absolute Gasteiger partial charge is 0.156 e. The fraction of sp³-hybridized carbons (Fsp3) is 0.625. The molecule has 2 bridgehead atoms. The van der Waals surface area contributed by atoms with E-state index in [1.807, 2.05) is 6.07 Å².